The summed E-state index contributed by atoms with van der Waals surface area (Å²) in [6, 6.07) is 0. The zero-order valence-corrected chi connectivity index (χ0v) is 19.1. The lowest BCUT2D eigenvalue weighted by Crippen LogP contribution is -2.58. The lowest BCUT2D eigenvalue weighted by atomic mass is 9.73. The number of unbranched alkanes of at least 4 members (excludes halogenated alkanes) is 1. The number of hydrogen-bond donors (Lipinski definition) is 2. The molecule has 2 amide bonds. The molecule has 2 aliphatic rings. The normalized spacial score (nSPS) is 25.9. The molecular formula is C23H42N2O4. The van der Waals surface area contributed by atoms with Gasteiger partial charge < -0.3 is 15.2 Å². The number of nitrogens with one attached hydrogen (secondary N) is 1. The van der Waals surface area contributed by atoms with E-state index in [4.69, 9.17) is 4.74 Å². The molecule has 0 radical (unpaired) electrons. The van der Waals surface area contributed by atoms with E-state index in [9.17, 15) is 14.7 Å². The third-order valence-electron chi connectivity index (χ3n) is 6.86. The first-order chi connectivity index (χ1) is 13.6. The van der Waals surface area contributed by atoms with Crippen LogP contribution in [0.3, 0.4) is 0 Å². The van der Waals surface area contributed by atoms with Gasteiger partial charge in [-0.2, -0.15) is 0 Å². The number of ether oxygens (including phenoxy) is 1. The van der Waals surface area contributed by atoms with Crippen molar-refractivity contribution >= 4 is 12.0 Å². The zero-order valence-electron chi connectivity index (χ0n) is 19.1. The van der Waals surface area contributed by atoms with E-state index in [2.05, 4.69) is 26.1 Å². The van der Waals surface area contributed by atoms with Crippen LogP contribution in [0.15, 0.2) is 0 Å². The smallest absolute Gasteiger partial charge is 0.410 e. The molecule has 1 saturated carbocycles. The lowest BCUT2D eigenvalue weighted by molar-refractivity contribution is -0.128. The van der Waals surface area contributed by atoms with Crippen molar-refractivity contribution in [1.82, 2.24) is 10.2 Å². The first-order valence-corrected chi connectivity index (χ1v) is 11.6. The van der Waals surface area contributed by atoms with Gasteiger partial charge >= 0.3 is 6.09 Å². The van der Waals surface area contributed by atoms with E-state index < -0.39 is 17.4 Å². The molecular weight excluding hydrogens is 368 g/mol. The molecule has 2 fully saturated rings. The van der Waals surface area contributed by atoms with Crippen LogP contribution in [0.2, 0.25) is 0 Å². The van der Waals surface area contributed by atoms with Crippen molar-refractivity contribution in [3.05, 3.63) is 0 Å². The lowest BCUT2D eigenvalue weighted by Gasteiger charge is -2.44. The summed E-state index contributed by atoms with van der Waals surface area (Å²) in [5.74, 6) is 0.458. The number of carboxylic acid groups (broad SMARTS) is 1. The van der Waals surface area contributed by atoms with Crippen molar-refractivity contribution in [3.8, 4) is 0 Å². The van der Waals surface area contributed by atoms with Crippen LogP contribution in [0.25, 0.3) is 0 Å². The molecule has 2 unspecified atom stereocenters. The molecule has 0 bridgehead atoms. The van der Waals surface area contributed by atoms with Gasteiger partial charge in [0.05, 0.1) is 12.1 Å². The van der Waals surface area contributed by atoms with Crippen LogP contribution < -0.4 is 5.32 Å². The summed E-state index contributed by atoms with van der Waals surface area (Å²) < 4.78 is 6.04. The summed E-state index contributed by atoms with van der Waals surface area (Å²) in [4.78, 5) is 26.9. The minimum absolute atomic E-state index is 0.0477. The minimum atomic E-state index is -0.947. The fourth-order valence-electron chi connectivity index (χ4n) is 5.32. The fourth-order valence-corrected chi connectivity index (χ4v) is 5.32. The standard InChI is InChI=1S/C23H42N2O4/c1-6-7-13-24-20(26)19(17(2)3)15-23(14-18-11-9-8-10-12-18)16-29-22(4,5)25(23)21(27)28/h17-19H,6-16H2,1-5H3,(H,24,26)(H,27,28). The Labute approximate surface area is 176 Å². The molecule has 0 spiro atoms. The Hall–Kier alpha value is -1.30. The minimum Gasteiger partial charge on any atom is -0.465 e. The molecule has 0 aromatic heterocycles. The van der Waals surface area contributed by atoms with Crippen molar-refractivity contribution in [3.63, 3.8) is 0 Å². The van der Waals surface area contributed by atoms with Gasteiger partial charge in [0.15, 0.2) is 0 Å². The maximum atomic E-state index is 13.0. The predicted octanol–water partition coefficient (Wildman–Crippen LogP) is 5.02. The Bertz CT molecular complexity index is 557. The van der Waals surface area contributed by atoms with Crippen LogP contribution in [0, 0.1) is 17.8 Å². The number of rotatable bonds is 9. The van der Waals surface area contributed by atoms with Crippen molar-refractivity contribution in [2.75, 3.05) is 13.2 Å². The second-order valence-corrected chi connectivity index (χ2v) is 9.99. The van der Waals surface area contributed by atoms with Crippen molar-refractivity contribution < 1.29 is 19.4 Å². The summed E-state index contributed by atoms with van der Waals surface area (Å²) >= 11 is 0. The van der Waals surface area contributed by atoms with E-state index in [-0.39, 0.29) is 17.7 Å². The first kappa shape index (κ1) is 24.0. The molecule has 1 saturated heterocycles. The summed E-state index contributed by atoms with van der Waals surface area (Å²) in [5, 5.41) is 13.2. The van der Waals surface area contributed by atoms with Crippen molar-refractivity contribution in [2.45, 2.75) is 104 Å². The van der Waals surface area contributed by atoms with Gasteiger partial charge in [-0.25, -0.2) is 4.79 Å². The summed E-state index contributed by atoms with van der Waals surface area (Å²) in [7, 11) is 0. The number of amides is 2. The molecule has 29 heavy (non-hydrogen) atoms. The quantitative estimate of drug-likeness (QED) is 0.523. The summed E-state index contributed by atoms with van der Waals surface area (Å²) in [6.07, 6.45) is 8.33. The fraction of sp³-hybridized carbons (Fsp3) is 0.913. The highest BCUT2D eigenvalue weighted by atomic mass is 16.5. The Balaban J connectivity index is 2.30. The third-order valence-corrected chi connectivity index (χ3v) is 6.86. The molecule has 6 heteroatoms. The monoisotopic (exact) mass is 410 g/mol. The van der Waals surface area contributed by atoms with Crippen molar-refractivity contribution in [2.24, 2.45) is 17.8 Å². The second-order valence-electron chi connectivity index (χ2n) is 9.99. The topological polar surface area (TPSA) is 78.9 Å². The highest BCUT2D eigenvalue weighted by Gasteiger charge is 2.56. The van der Waals surface area contributed by atoms with E-state index in [1.54, 1.807) is 0 Å². The highest BCUT2D eigenvalue weighted by molar-refractivity contribution is 5.79. The largest absolute Gasteiger partial charge is 0.465 e. The van der Waals surface area contributed by atoms with Gasteiger partial charge in [0.1, 0.15) is 5.72 Å². The molecule has 1 aliphatic carbocycles. The summed E-state index contributed by atoms with van der Waals surface area (Å²) in [5.41, 5.74) is -1.52. The van der Waals surface area contributed by atoms with Crippen LogP contribution in [-0.4, -0.2) is 46.4 Å². The van der Waals surface area contributed by atoms with Crippen LogP contribution in [-0.2, 0) is 9.53 Å². The van der Waals surface area contributed by atoms with Gasteiger partial charge in [-0.15, -0.1) is 0 Å². The Morgan fingerprint density at radius 1 is 1.21 bits per heavy atom. The average molecular weight is 411 g/mol. The molecule has 6 nitrogen and oxygen atoms in total. The zero-order chi connectivity index (χ0) is 21.7. The Morgan fingerprint density at radius 2 is 1.86 bits per heavy atom. The van der Waals surface area contributed by atoms with Crippen LogP contribution in [0.5, 0.6) is 0 Å². The molecule has 0 aromatic carbocycles. The van der Waals surface area contributed by atoms with Gasteiger partial charge in [0.2, 0.25) is 5.91 Å². The molecule has 2 rings (SSSR count). The van der Waals surface area contributed by atoms with E-state index in [0.717, 1.165) is 32.1 Å². The molecule has 2 atom stereocenters. The summed E-state index contributed by atoms with van der Waals surface area (Å²) in [6.45, 7) is 10.9. The Kier molecular flexibility index (Phi) is 8.38. The maximum Gasteiger partial charge on any atom is 0.410 e. The van der Waals surface area contributed by atoms with E-state index in [1.165, 1.54) is 24.2 Å². The molecule has 0 aromatic rings. The van der Waals surface area contributed by atoms with Crippen LogP contribution in [0.4, 0.5) is 4.79 Å². The number of nitrogens with zero attached hydrogens (tertiary/aromatic N) is 1. The number of carbonyl (C=O) groups excluding carboxylic acids is 1. The molecule has 1 aliphatic heterocycles. The molecule has 1 heterocycles. The van der Waals surface area contributed by atoms with Crippen molar-refractivity contribution in [1.29, 1.82) is 0 Å². The SMILES string of the molecule is CCCCNC(=O)C(CC1(CC2CCCCC2)COC(C)(C)N1C(=O)O)C(C)C. The number of carbonyl (C=O) groups is 2. The second kappa shape index (κ2) is 10.1. The average Bonchev–Trinajstić information content (AvgIpc) is 2.91. The predicted molar refractivity (Wildman–Crippen MR) is 115 cm³/mol. The molecule has 168 valence electrons. The van der Waals surface area contributed by atoms with E-state index in [0.29, 0.717) is 25.5 Å². The third kappa shape index (κ3) is 5.87. The highest BCUT2D eigenvalue weighted by Crippen LogP contribution is 2.46. The number of hydrogen-bond acceptors (Lipinski definition) is 3. The van der Waals surface area contributed by atoms with Gasteiger partial charge in [0.25, 0.3) is 0 Å². The first-order valence-electron chi connectivity index (χ1n) is 11.6. The van der Waals surface area contributed by atoms with Gasteiger partial charge in [0, 0.05) is 12.5 Å². The van der Waals surface area contributed by atoms with Gasteiger partial charge in [-0.1, -0.05) is 59.3 Å². The van der Waals surface area contributed by atoms with E-state index in [1.807, 2.05) is 13.8 Å². The molecule has 2 N–H and O–H groups in total. The maximum absolute atomic E-state index is 13.0. The Morgan fingerprint density at radius 3 is 2.41 bits per heavy atom. The van der Waals surface area contributed by atoms with E-state index >= 15 is 0 Å². The van der Waals surface area contributed by atoms with Crippen LogP contribution in [0.1, 0.15) is 92.4 Å². The van der Waals surface area contributed by atoms with Gasteiger partial charge in [-0.05, 0) is 44.9 Å². The van der Waals surface area contributed by atoms with Crippen LogP contribution >= 0.6 is 0 Å². The van der Waals surface area contributed by atoms with Gasteiger partial charge in [-0.3, -0.25) is 9.69 Å².